The van der Waals surface area contributed by atoms with E-state index in [2.05, 4.69) is 10.3 Å². The summed E-state index contributed by atoms with van der Waals surface area (Å²) in [7, 11) is 1.55. The van der Waals surface area contributed by atoms with Crippen LogP contribution in [0.15, 0.2) is 77.2 Å². The largest absolute Gasteiger partial charge is 0.496 e. The van der Waals surface area contributed by atoms with Gasteiger partial charge in [0.1, 0.15) is 11.3 Å². The van der Waals surface area contributed by atoms with Gasteiger partial charge in [-0.1, -0.05) is 41.9 Å². The van der Waals surface area contributed by atoms with E-state index in [9.17, 15) is 4.79 Å². The summed E-state index contributed by atoms with van der Waals surface area (Å²) in [5, 5.41) is 5.37. The maximum absolute atomic E-state index is 13.1. The van der Waals surface area contributed by atoms with Crippen LogP contribution in [0.25, 0.3) is 33.3 Å². The lowest BCUT2D eigenvalue weighted by atomic mass is 10.1. The third-order valence-corrected chi connectivity index (χ3v) is 5.64. The smallest absolute Gasteiger partial charge is 0.259 e. The van der Waals surface area contributed by atoms with Crippen molar-refractivity contribution in [2.24, 2.45) is 0 Å². The van der Waals surface area contributed by atoms with Gasteiger partial charge in [0.05, 0.1) is 23.3 Å². The molecule has 0 aliphatic carbocycles. The molecule has 0 unspecified atom stereocenters. The van der Waals surface area contributed by atoms with Crippen LogP contribution in [0.2, 0.25) is 5.02 Å². The number of oxazole rings is 1. The van der Waals surface area contributed by atoms with Crippen LogP contribution in [-0.2, 0) is 0 Å². The van der Waals surface area contributed by atoms with Gasteiger partial charge in [0.2, 0.25) is 5.89 Å². The van der Waals surface area contributed by atoms with Gasteiger partial charge in [-0.3, -0.25) is 4.79 Å². The molecule has 6 heteroatoms. The van der Waals surface area contributed by atoms with Crippen LogP contribution in [0.4, 0.5) is 5.69 Å². The summed E-state index contributed by atoms with van der Waals surface area (Å²) in [6.07, 6.45) is 0. The Bertz CT molecular complexity index is 1490. The Morgan fingerprint density at radius 3 is 2.56 bits per heavy atom. The Hall–Kier alpha value is -3.83. The molecule has 0 radical (unpaired) electrons. The van der Waals surface area contributed by atoms with Crippen LogP contribution in [0.5, 0.6) is 5.75 Å². The second-order valence-electron chi connectivity index (χ2n) is 7.54. The van der Waals surface area contributed by atoms with Gasteiger partial charge in [0.15, 0.2) is 5.58 Å². The molecule has 1 amide bonds. The van der Waals surface area contributed by atoms with Crippen LogP contribution in [0.3, 0.4) is 0 Å². The van der Waals surface area contributed by atoms with Crippen LogP contribution in [-0.4, -0.2) is 18.0 Å². The Balaban J connectivity index is 1.50. The van der Waals surface area contributed by atoms with E-state index in [1.54, 1.807) is 25.3 Å². The maximum atomic E-state index is 13.1. The number of methoxy groups -OCH3 is 1. The maximum Gasteiger partial charge on any atom is 0.259 e. The summed E-state index contributed by atoms with van der Waals surface area (Å²) in [5.74, 6) is 0.619. The summed E-state index contributed by atoms with van der Waals surface area (Å²) < 4.78 is 11.4. The first-order chi connectivity index (χ1) is 15.5. The number of benzene rings is 4. The number of aryl methyl sites for hydroxylation is 1. The predicted molar refractivity (Wildman–Crippen MR) is 128 cm³/mol. The molecule has 0 bridgehead atoms. The average molecular weight is 443 g/mol. The lowest BCUT2D eigenvalue weighted by molar-refractivity contribution is 0.102. The summed E-state index contributed by atoms with van der Waals surface area (Å²) in [6.45, 7) is 2.00. The third-order valence-electron chi connectivity index (χ3n) is 5.31. The Morgan fingerprint density at radius 2 is 1.78 bits per heavy atom. The predicted octanol–water partition coefficient (Wildman–Crippen LogP) is 6.87. The Labute approximate surface area is 189 Å². The number of hydrogen-bond acceptors (Lipinski definition) is 4. The van der Waals surface area contributed by atoms with Gasteiger partial charge < -0.3 is 14.5 Å². The van der Waals surface area contributed by atoms with Crippen molar-refractivity contribution < 1.29 is 13.9 Å². The molecule has 5 nitrogen and oxygen atoms in total. The molecule has 4 aromatic carbocycles. The number of rotatable bonds is 4. The van der Waals surface area contributed by atoms with Crippen molar-refractivity contribution in [1.82, 2.24) is 4.98 Å². The van der Waals surface area contributed by atoms with Gasteiger partial charge in [0.25, 0.3) is 5.91 Å². The molecule has 0 saturated heterocycles. The minimum Gasteiger partial charge on any atom is -0.496 e. The zero-order chi connectivity index (χ0) is 22.2. The van der Waals surface area contributed by atoms with Crippen LogP contribution < -0.4 is 10.1 Å². The molecule has 0 atom stereocenters. The quantitative estimate of drug-likeness (QED) is 0.330. The number of amides is 1. The Kier molecular flexibility index (Phi) is 5.04. The van der Waals surface area contributed by atoms with Crippen molar-refractivity contribution in [3.63, 3.8) is 0 Å². The molecule has 1 aromatic heterocycles. The van der Waals surface area contributed by atoms with Crippen molar-refractivity contribution in [3.05, 3.63) is 88.9 Å². The van der Waals surface area contributed by atoms with Gasteiger partial charge in [-0.25, -0.2) is 4.98 Å². The molecule has 32 heavy (non-hydrogen) atoms. The number of hydrogen-bond donors (Lipinski definition) is 1. The topological polar surface area (TPSA) is 64.4 Å². The lowest BCUT2D eigenvalue weighted by Crippen LogP contribution is -2.13. The number of carbonyl (C=O) groups is 1. The normalized spacial score (nSPS) is 11.1. The molecule has 5 aromatic rings. The fourth-order valence-electron chi connectivity index (χ4n) is 3.68. The highest BCUT2D eigenvalue weighted by Crippen LogP contribution is 2.33. The number of anilines is 1. The van der Waals surface area contributed by atoms with E-state index < -0.39 is 0 Å². The second kappa shape index (κ2) is 8.02. The SMILES string of the molecule is COc1cc2ccccc2cc1C(=O)Nc1ccc(Cl)c(-c2nc3cc(C)ccc3o2)c1. The van der Waals surface area contributed by atoms with Crippen LogP contribution in [0, 0.1) is 6.92 Å². The number of nitrogens with one attached hydrogen (secondary N) is 1. The van der Waals surface area contributed by atoms with Gasteiger partial charge in [-0.15, -0.1) is 0 Å². The number of nitrogens with zero attached hydrogens (tertiary/aromatic N) is 1. The van der Waals surface area contributed by atoms with Crippen molar-refractivity contribution in [2.45, 2.75) is 6.92 Å². The molecule has 1 N–H and O–H groups in total. The molecule has 0 aliphatic heterocycles. The van der Waals surface area contributed by atoms with Crippen molar-refractivity contribution in [2.75, 3.05) is 12.4 Å². The molecule has 0 spiro atoms. The summed E-state index contributed by atoms with van der Waals surface area (Å²) in [4.78, 5) is 17.6. The van der Waals surface area contributed by atoms with E-state index in [-0.39, 0.29) is 5.91 Å². The molecule has 1 heterocycles. The monoisotopic (exact) mass is 442 g/mol. The fraction of sp³-hybridized carbons (Fsp3) is 0.0769. The second-order valence-corrected chi connectivity index (χ2v) is 7.95. The van der Waals surface area contributed by atoms with Crippen LogP contribution >= 0.6 is 11.6 Å². The average Bonchev–Trinajstić information content (AvgIpc) is 3.22. The summed E-state index contributed by atoms with van der Waals surface area (Å²) >= 11 is 6.42. The minimum absolute atomic E-state index is 0.283. The van der Waals surface area contributed by atoms with E-state index in [1.165, 1.54) is 0 Å². The number of carbonyl (C=O) groups excluding carboxylic acids is 1. The number of ether oxygens (including phenoxy) is 1. The lowest BCUT2D eigenvalue weighted by Gasteiger charge is -2.12. The van der Waals surface area contributed by atoms with E-state index in [0.717, 1.165) is 21.9 Å². The van der Waals surface area contributed by atoms with Gasteiger partial charge in [0, 0.05) is 5.69 Å². The first kappa shape index (κ1) is 20.1. The molecule has 0 saturated carbocycles. The highest BCUT2D eigenvalue weighted by molar-refractivity contribution is 6.33. The van der Waals surface area contributed by atoms with Gasteiger partial charge in [-0.05, 0) is 65.7 Å². The summed E-state index contributed by atoms with van der Waals surface area (Å²) in [6, 6.07) is 22.5. The fourth-order valence-corrected chi connectivity index (χ4v) is 3.88. The number of fused-ring (bicyclic) bond motifs is 2. The highest BCUT2D eigenvalue weighted by Gasteiger charge is 2.17. The van der Waals surface area contributed by atoms with Crippen molar-refractivity contribution in [3.8, 4) is 17.2 Å². The van der Waals surface area contributed by atoms with E-state index in [1.807, 2.05) is 61.5 Å². The summed E-state index contributed by atoms with van der Waals surface area (Å²) in [5.41, 5.74) is 4.14. The van der Waals surface area contributed by atoms with E-state index in [0.29, 0.717) is 39.1 Å². The highest BCUT2D eigenvalue weighted by atomic mass is 35.5. The molecular weight excluding hydrogens is 424 g/mol. The molecule has 0 fully saturated rings. The van der Waals surface area contributed by atoms with Crippen molar-refractivity contribution in [1.29, 1.82) is 0 Å². The molecule has 5 rings (SSSR count). The van der Waals surface area contributed by atoms with E-state index >= 15 is 0 Å². The van der Waals surface area contributed by atoms with Gasteiger partial charge in [-0.2, -0.15) is 0 Å². The zero-order valence-corrected chi connectivity index (χ0v) is 18.2. The molecular formula is C26H19ClN2O3. The van der Waals surface area contributed by atoms with Crippen molar-refractivity contribution >= 4 is 45.1 Å². The minimum atomic E-state index is -0.283. The third kappa shape index (κ3) is 3.67. The molecule has 0 aliphatic rings. The molecule has 158 valence electrons. The first-order valence-electron chi connectivity index (χ1n) is 10.1. The van der Waals surface area contributed by atoms with Gasteiger partial charge >= 0.3 is 0 Å². The van der Waals surface area contributed by atoms with Crippen LogP contribution in [0.1, 0.15) is 15.9 Å². The van der Waals surface area contributed by atoms with E-state index in [4.69, 9.17) is 20.8 Å². The first-order valence-corrected chi connectivity index (χ1v) is 10.4. The number of halogens is 1. The number of aromatic nitrogens is 1. The Morgan fingerprint density at radius 1 is 1.00 bits per heavy atom. The standard InChI is InChI=1S/C26H19ClN2O3/c1-15-7-10-23-22(11-15)29-26(32-23)19-14-18(8-9-21(19)27)28-25(30)20-12-16-5-3-4-6-17(16)13-24(20)31-2/h3-14H,1-2H3,(H,28,30). The zero-order valence-electron chi connectivity index (χ0n) is 17.5.